The molecule has 0 bridgehead atoms. The number of rotatable bonds is 5. The van der Waals surface area contributed by atoms with Gasteiger partial charge in [0, 0.05) is 18.0 Å². The zero-order valence-electron chi connectivity index (χ0n) is 12.5. The molecule has 1 fully saturated rings. The van der Waals surface area contributed by atoms with Crippen LogP contribution in [0.5, 0.6) is 0 Å². The van der Waals surface area contributed by atoms with E-state index in [4.69, 9.17) is 5.73 Å². The number of hydrogen-bond acceptors (Lipinski definition) is 2. The van der Waals surface area contributed by atoms with Crippen LogP contribution in [0.15, 0.2) is 30.3 Å². The number of hydrogen-bond donors (Lipinski definition) is 2. The summed E-state index contributed by atoms with van der Waals surface area (Å²) < 4.78 is 0. The number of carbonyl (C=O) groups excluding carboxylic acids is 1. The first-order chi connectivity index (χ1) is 9.58. The van der Waals surface area contributed by atoms with Crippen molar-refractivity contribution in [3.05, 3.63) is 35.9 Å². The van der Waals surface area contributed by atoms with Crippen molar-refractivity contribution < 1.29 is 4.79 Å². The average molecular weight is 274 g/mol. The van der Waals surface area contributed by atoms with Crippen LogP contribution in [0.1, 0.15) is 51.1 Å². The summed E-state index contributed by atoms with van der Waals surface area (Å²) in [7, 11) is 0. The van der Waals surface area contributed by atoms with Crippen LogP contribution in [-0.4, -0.2) is 11.9 Å². The topological polar surface area (TPSA) is 55.1 Å². The standard InChI is InChI=1S/C17H26N2O/c1-12(2)16(13-6-4-3-5-7-13)19-15-10-8-14(9-11-15)17(18)20/h3-7,12,14-16,19H,8-11H2,1-2H3,(H2,18,20). The Bertz CT molecular complexity index is 422. The summed E-state index contributed by atoms with van der Waals surface area (Å²) in [6, 6.07) is 11.5. The van der Waals surface area contributed by atoms with Gasteiger partial charge in [-0.3, -0.25) is 4.79 Å². The maximum atomic E-state index is 11.2. The van der Waals surface area contributed by atoms with Crippen molar-refractivity contribution in [2.24, 2.45) is 17.6 Å². The lowest BCUT2D eigenvalue weighted by Crippen LogP contribution is -2.40. The zero-order valence-corrected chi connectivity index (χ0v) is 12.5. The van der Waals surface area contributed by atoms with Crippen LogP contribution in [0.2, 0.25) is 0 Å². The van der Waals surface area contributed by atoms with Gasteiger partial charge in [-0.15, -0.1) is 0 Å². The van der Waals surface area contributed by atoms with Crippen LogP contribution in [0.25, 0.3) is 0 Å². The molecule has 1 aliphatic carbocycles. The summed E-state index contributed by atoms with van der Waals surface area (Å²) in [6.07, 6.45) is 3.94. The Hall–Kier alpha value is -1.35. The van der Waals surface area contributed by atoms with E-state index in [1.54, 1.807) is 0 Å². The minimum Gasteiger partial charge on any atom is -0.369 e. The van der Waals surface area contributed by atoms with E-state index in [1.807, 2.05) is 0 Å². The summed E-state index contributed by atoms with van der Waals surface area (Å²) in [4.78, 5) is 11.2. The Morgan fingerprint density at radius 2 is 1.75 bits per heavy atom. The lowest BCUT2D eigenvalue weighted by Gasteiger charge is -2.33. The lowest BCUT2D eigenvalue weighted by molar-refractivity contribution is -0.122. The zero-order chi connectivity index (χ0) is 14.5. The Morgan fingerprint density at radius 3 is 2.25 bits per heavy atom. The summed E-state index contributed by atoms with van der Waals surface area (Å²) in [5, 5.41) is 3.78. The van der Waals surface area contributed by atoms with E-state index in [-0.39, 0.29) is 11.8 Å². The summed E-state index contributed by atoms with van der Waals surface area (Å²) in [5.74, 6) is 0.500. The predicted molar refractivity (Wildman–Crippen MR) is 82.1 cm³/mol. The van der Waals surface area contributed by atoms with Gasteiger partial charge in [0.15, 0.2) is 0 Å². The van der Waals surface area contributed by atoms with Gasteiger partial charge >= 0.3 is 0 Å². The molecule has 0 radical (unpaired) electrons. The Morgan fingerprint density at radius 1 is 1.15 bits per heavy atom. The highest BCUT2D eigenvalue weighted by molar-refractivity contribution is 5.76. The third kappa shape index (κ3) is 3.83. The number of nitrogens with one attached hydrogen (secondary N) is 1. The van der Waals surface area contributed by atoms with Crippen molar-refractivity contribution in [3.63, 3.8) is 0 Å². The summed E-state index contributed by atoms with van der Waals surface area (Å²) in [6.45, 7) is 4.50. The number of primary amides is 1. The predicted octanol–water partition coefficient (Wildman–Crippen LogP) is 3.02. The van der Waals surface area contributed by atoms with Gasteiger partial charge in [0.1, 0.15) is 0 Å². The molecule has 1 atom stereocenters. The summed E-state index contributed by atoms with van der Waals surface area (Å²) >= 11 is 0. The van der Waals surface area contributed by atoms with E-state index in [1.165, 1.54) is 5.56 Å². The Balaban J connectivity index is 1.95. The monoisotopic (exact) mass is 274 g/mol. The average Bonchev–Trinajstić information content (AvgIpc) is 2.46. The molecule has 2 rings (SSSR count). The molecule has 0 aliphatic heterocycles. The normalized spacial score (nSPS) is 24.6. The molecule has 3 heteroatoms. The van der Waals surface area contributed by atoms with Crippen molar-refractivity contribution in [1.82, 2.24) is 5.32 Å². The first-order valence-electron chi connectivity index (χ1n) is 7.68. The van der Waals surface area contributed by atoms with E-state index in [0.29, 0.717) is 18.0 Å². The minimum atomic E-state index is -0.132. The maximum absolute atomic E-state index is 11.2. The maximum Gasteiger partial charge on any atom is 0.220 e. The fraction of sp³-hybridized carbons (Fsp3) is 0.588. The highest BCUT2D eigenvalue weighted by Crippen LogP contribution is 2.28. The van der Waals surface area contributed by atoms with E-state index < -0.39 is 0 Å². The van der Waals surface area contributed by atoms with Gasteiger partial charge in [-0.1, -0.05) is 44.2 Å². The van der Waals surface area contributed by atoms with E-state index in [2.05, 4.69) is 49.5 Å². The fourth-order valence-electron chi connectivity index (χ4n) is 3.13. The molecule has 1 aromatic carbocycles. The molecule has 1 saturated carbocycles. The van der Waals surface area contributed by atoms with Crippen LogP contribution in [0, 0.1) is 11.8 Å². The molecule has 20 heavy (non-hydrogen) atoms. The molecule has 1 unspecified atom stereocenters. The third-order valence-corrected chi connectivity index (χ3v) is 4.37. The largest absolute Gasteiger partial charge is 0.369 e. The lowest BCUT2D eigenvalue weighted by atomic mass is 9.84. The van der Waals surface area contributed by atoms with E-state index in [9.17, 15) is 4.79 Å². The van der Waals surface area contributed by atoms with Crippen molar-refractivity contribution in [3.8, 4) is 0 Å². The fourth-order valence-corrected chi connectivity index (χ4v) is 3.13. The number of amides is 1. The van der Waals surface area contributed by atoms with Gasteiger partial charge < -0.3 is 11.1 Å². The molecular formula is C17H26N2O. The van der Waals surface area contributed by atoms with Gasteiger partial charge in [0.25, 0.3) is 0 Å². The first-order valence-corrected chi connectivity index (χ1v) is 7.68. The van der Waals surface area contributed by atoms with Crippen molar-refractivity contribution in [1.29, 1.82) is 0 Å². The Kier molecular flexibility index (Phi) is 5.18. The van der Waals surface area contributed by atoms with Crippen LogP contribution < -0.4 is 11.1 Å². The van der Waals surface area contributed by atoms with Gasteiger partial charge in [-0.05, 0) is 37.2 Å². The molecule has 0 heterocycles. The molecule has 0 spiro atoms. The molecule has 0 aromatic heterocycles. The van der Waals surface area contributed by atoms with Gasteiger partial charge in [-0.25, -0.2) is 0 Å². The minimum absolute atomic E-state index is 0.0854. The molecule has 110 valence electrons. The van der Waals surface area contributed by atoms with Crippen LogP contribution in [0.3, 0.4) is 0 Å². The molecule has 1 amide bonds. The van der Waals surface area contributed by atoms with Gasteiger partial charge in [-0.2, -0.15) is 0 Å². The molecule has 3 nitrogen and oxygen atoms in total. The second kappa shape index (κ2) is 6.89. The summed E-state index contributed by atoms with van der Waals surface area (Å²) in [5.41, 5.74) is 6.74. The SMILES string of the molecule is CC(C)C(NC1CCC(C(N)=O)CC1)c1ccccc1. The molecule has 0 saturated heterocycles. The number of nitrogens with two attached hydrogens (primary N) is 1. The molecular weight excluding hydrogens is 248 g/mol. The quantitative estimate of drug-likeness (QED) is 0.867. The highest BCUT2D eigenvalue weighted by Gasteiger charge is 2.27. The second-order valence-electron chi connectivity index (χ2n) is 6.25. The Labute approximate surface area is 121 Å². The first kappa shape index (κ1) is 15.0. The molecule has 1 aliphatic rings. The second-order valence-corrected chi connectivity index (χ2v) is 6.25. The molecule has 1 aromatic rings. The van der Waals surface area contributed by atoms with E-state index in [0.717, 1.165) is 25.7 Å². The van der Waals surface area contributed by atoms with Crippen molar-refractivity contribution in [2.45, 2.75) is 51.6 Å². The van der Waals surface area contributed by atoms with Crippen LogP contribution in [0.4, 0.5) is 0 Å². The number of carbonyl (C=O) groups is 1. The van der Waals surface area contributed by atoms with Crippen molar-refractivity contribution >= 4 is 5.91 Å². The van der Waals surface area contributed by atoms with Gasteiger partial charge in [0.2, 0.25) is 5.91 Å². The van der Waals surface area contributed by atoms with Crippen molar-refractivity contribution in [2.75, 3.05) is 0 Å². The van der Waals surface area contributed by atoms with Gasteiger partial charge in [0.05, 0.1) is 0 Å². The van der Waals surface area contributed by atoms with Crippen LogP contribution >= 0.6 is 0 Å². The van der Waals surface area contributed by atoms with E-state index >= 15 is 0 Å². The van der Waals surface area contributed by atoms with Crippen LogP contribution in [-0.2, 0) is 4.79 Å². The third-order valence-electron chi connectivity index (χ3n) is 4.37. The highest BCUT2D eigenvalue weighted by atomic mass is 16.1. The smallest absolute Gasteiger partial charge is 0.220 e. The molecule has 3 N–H and O–H groups in total. The number of benzene rings is 1.